The minimum absolute atomic E-state index is 0.0410. The molecule has 7 heteroatoms. The summed E-state index contributed by atoms with van der Waals surface area (Å²) in [6, 6.07) is 3.40. The number of nitrogens with zero attached hydrogens (tertiary/aromatic N) is 3. The van der Waals surface area contributed by atoms with E-state index in [9.17, 15) is 9.59 Å². The third-order valence-electron chi connectivity index (χ3n) is 5.63. The van der Waals surface area contributed by atoms with Crippen LogP contribution in [0.4, 0.5) is 0 Å². The molecular weight excluding hydrogens is 334 g/mol. The number of methoxy groups -OCH3 is 2. The summed E-state index contributed by atoms with van der Waals surface area (Å²) in [6.45, 7) is 4.82. The zero-order valence-corrected chi connectivity index (χ0v) is 15.7. The Kier molecular flexibility index (Phi) is 5.64. The van der Waals surface area contributed by atoms with E-state index in [4.69, 9.17) is 9.47 Å². The van der Waals surface area contributed by atoms with Gasteiger partial charge in [0.05, 0.1) is 14.2 Å². The van der Waals surface area contributed by atoms with E-state index in [1.807, 2.05) is 9.80 Å². The van der Waals surface area contributed by atoms with Gasteiger partial charge in [0.15, 0.2) is 0 Å². The van der Waals surface area contributed by atoms with E-state index in [1.54, 1.807) is 19.1 Å². The number of pyridine rings is 1. The minimum atomic E-state index is -0.0410. The van der Waals surface area contributed by atoms with E-state index >= 15 is 0 Å². The number of piperidine rings is 1. The van der Waals surface area contributed by atoms with Crippen molar-refractivity contribution in [2.45, 2.75) is 26.2 Å². The number of amides is 2. The standard InChI is InChI=1S/C19H27N3O4/c1-13(23)21-9-6-14(7-10-21)15-8-11-22(12-15)19(24)16-4-5-17(25-2)20-18(16)26-3/h4-5,14-15H,6-12H2,1-3H3. The van der Waals surface area contributed by atoms with Crippen molar-refractivity contribution in [2.75, 3.05) is 40.4 Å². The average Bonchev–Trinajstić information content (AvgIpc) is 3.17. The summed E-state index contributed by atoms with van der Waals surface area (Å²) in [5.41, 5.74) is 0.473. The molecule has 2 saturated heterocycles. The molecule has 142 valence electrons. The number of carbonyl (C=O) groups is 2. The number of hydrogen-bond donors (Lipinski definition) is 0. The number of likely N-dealkylation sites (tertiary alicyclic amines) is 2. The maximum Gasteiger partial charge on any atom is 0.259 e. The second-order valence-electron chi connectivity index (χ2n) is 7.05. The molecule has 26 heavy (non-hydrogen) atoms. The Morgan fingerprint density at radius 1 is 1.00 bits per heavy atom. The van der Waals surface area contributed by atoms with Crippen LogP contribution in [0.1, 0.15) is 36.5 Å². The lowest BCUT2D eigenvalue weighted by molar-refractivity contribution is -0.130. The van der Waals surface area contributed by atoms with Crippen LogP contribution in [0.5, 0.6) is 11.8 Å². The summed E-state index contributed by atoms with van der Waals surface area (Å²) in [6.07, 6.45) is 3.07. The van der Waals surface area contributed by atoms with Gasteiger partial charge in [-0.15, -0.1) is 0 Å². The van der Waals surface area contributed by atoms with Crippen LogP contribution in [0.3, 0.4) is 0 Å². The van der Waals surface area contributed by atoms with Gasteiger partial charge < -0.3 is 19.3 Å². The number of aromatic nitrogens is 1. The zero-order valence-electron chi connectivity index (χ0n) is 15.7. The Hall–Kier alpha value is -2.31. The lowest BCUT2D eigenvalue weighted by Crippen LogP contribution is -2.39. The summed E-state index contributed by atoms with van der Waals surface area (Å²) < 4.78 is 10.4. The third-order valence-corrected chi connectivity index (χ3v) is 5.63. The zero-order chi connectivity index (χ0) is 18.7. The minimum Gasteiger partial charge on any atom is -0.481 e. The highest BCUT2D eigenvalue weighted by molar-refractivity contribution is 5.96. The van der Waals surface area contributed by atoms with E-state index < -0.39 is 0 Å². The predicted molar refractivity (Wildman–Crippen MR) is 96.3 cm³/mol. The molecule has 1 aromatic heterocycles. The lowest BCUT2D eigenvalue weighted by atomic mass is 9.84. The summed E-state index contributed by atoms with van der Waals surface area (Å²) in [5.74, 6) is 1.93. The molecule has 3 heterocycles. The fourth-order valence-corrected chi connectivity index (χ4v) is 4.07. The van der Waals surface area contributed by atoms with E-state index in [-0.39, 0.29) is 11.8 Å². The van der Waals surface area contributed by atoms with Crippen molar-refractivity contribution < 1.29 is 19.1 Å². The Morgan fingerprint density at radius 3 is 2.27 bits per heavy atom. The fourth-order valence-electron chi connectivity index (χ4n) is 4.07. The first kappa shape index (κ1) is 18.5. The molecule has 0 aliphatic carbocycles. The lowest BCUT2D eigenvalue weighted by Gasteiger charge is -2.34. The van der Waals surface area contributed by atoms with Crippen molar-refractivity contribution in [2.24, 2.45) is 11.8 Å². The van der Waals surface area contributed by atoms with Gasteiger partial charge in [0, 0.05) is 39.2 Å². The van der Waals surface area contributed by atoms with Crippen LogP contribution in [0.25, 0.3) is 0 Å². The second-order valence-corrected chi connectivity index (χ2v) is 7.05. The van der Waals surface area contributed by atoms with E-state index in [2.05, 4.69) is 4.98 Å². The first-order valence-electron chi connectivity index (χ1n) is 9.17. The van der Waals surface area contributed by atoms with Gasteiger partial charge in [-0.05, 0) is 37.2 Å². The van der Waals surface area contributed by atoms with Crippen LogP contribution in [-0.2, 0) is 4.79 Å². The van der Waals surface area contributed by atoms with Crippen LogP contribution < -0.4 is 9.47 Å². The summed E-state index contributed by atoms with van der Waals surface area (Å²) in [5, 5.41) is 0. The predicted octanol–water partition coefficient (Wildman–Crippen LogP) is 1.82. The molecule has 0 saturated carbocycles. The van der Waals surface area contributed by atoms with Crippen molar-refractivity contribution >= 4 is 11.8 Å². The Balaban J connectivity index is 1.62. The first-order chi connectivity index (χ1) is 12.5. The van der Waals surface area contributed by atoms with Gasteiger partial charge in [0.1, 0.15) is 5.56 Å². The molecule has 0 bridgehead atoms. The van der Waals surface area contributed by atoms with Gasteiger partial charge >= 0.3 is 0 Å². The molecule has 1 aromatic rings. The number of ether oxygens (including phenoxy) is 2. The Bertz CT molecular complexity index is 671. The van der Waals surface area contributed by atoms with Gasteiger partial charge in [0.25, 0.3) is 5.91 Å². The molecule has 2 amide bonds. The van der Waals surface area contributed by atoms with Crippen molar-refractivity contribution in [1.29, 1.82) is 0 Å². The first-order valence-corrected chi connectivity index (χ1v) is 9.17. The fraction of sp³-hybridized carbons (Fsp3) is 0.632. The molecule has 0 spiro atoms. The molecule has 2 aliphatic rings. The summed E-state index contributed by atoms with van der Waals surface area (Å²) in [4.78, 5) is 32.4. The third kappa shape index (κ3) is 3.76. The maximum absolute atomic E-state index is 12.9. The van der Waals surface area contributed by atoms with Gasteiger partial charge in [-0.3, -0.25) is 9.59 Å². The topological polar surface area (TPSA) is 72.0 Å². The Labute approximate surface area is 154 Å². The van der Waals surface area contributed by atoms with E-state index in [0.29, 0.717) is 29.2 Å². The highest BCUT2D eigenvalue weighted by Crippen LogP contribution is 2.33. The number of hydrogen-bond acceptors (Lipinski definition) is 5. The molecule has 0 radical (unpaired) electrons. The van der Waals surface area contributed by atoms with Crippen LogP contribution in [0.2, 0.25) is 0 Å². The highest BCUT2D eigenvalue weighted by atomic mass is 16.5. The van der Waals surface area contributed by atoms with Crippen molar-refractivity contribution in [3.63, 3.8) is 0 Å². The quantitative estimate of drug-likeness (QED) is 0.818. The van der Waals surface area contributed by atoms with Gasteiger partial charge in [-0.2, -0.15) is 4.98 Å². The normalized spacial score (nSPS) is 21.0. The van der Waals surface area contributed by atoms with Crippen LogP contribution >= 0.6 is 0 Å². The summed E-state index contributed by atoms with van der Waals surface area (Å²) in [7, 11) is 3.04. The maximum atomic E-state index is 12.9. The molecule has 7 nitrogen and oxygen atoms in total. The van der Waals surface area contributed by atoms with Gasteiger partial charge in [-0.1, -0.05) is 0 Å². The molecule has 3 rings (SSSR count). The number of carbonyl (C=O) groups excluding carboxylic acids is 2. The molecule has 2 aliphatic heterocycles. The highest BCUT2D eigenvalue weighted by Gasteiger charge is 2.35. The monoisotopic (exact) mass is 361 g/mol. The van der Waals surface area contributed by atoms with Crippen LogP contribution in [0.15, 0.2) is 12.1 Å². The van der Waals surface area contributed by atoms with Gasteiger partial charge in [-0.25, -0.2) is 0 Å². The molecule has 0 N–H and O–H groups in total. The molecule has 2 fully saturated rings. The molecule has 0 aromatic carbocycles. The van der Waals surface area contributed by atoms with E-state index in [1.165, 1.54) is 14.2 Å². The molecule has 1 atom stereocenters. The molecular formula is C19H27N3O4. The van der Waals surface area contributed by atoms with E-state index in [0.717, 1.165) is 45.4 Å². The van der Waals surface area contributed by atoms with Gasteiger partial charge in [0.2, 0.25) is 17.7 Å². The second kappa shape index (κ2) is 7.93. The summed E-state index contributed by atoms with van der Waals surface area (Å²) >= 11 is 0. The molecule has 1 unspecified atom stereocenters. The van der Waals surface area contributed by atoms with Crippen molar-refractivity contribution in [3.05, 3.63) is 17.7 Å². The number of rotatable bonds is 4. The van der Waals surface area contributed by atoms with Crippen LogP contribution in [-0.4, -0.2) is 67.0 Å². The van der Waals surface area contributed by atoms with Crippen molar-refractivity contribution in [1.82, 2.24) is 14.8 Å². The Morgan fingerprint density at radius 2 is 1.65 bits per heavy atom. The van der Waals surface area contributed by atoms with Crippen molar-refractivity contribution in [3.8, 4) is 11.8 Å². The van der Waals surface area contributed by atoms with Crippen LogP contribution in [0, 0.1) is 11.8 Å². The average molecular weight is 361 g/mol. The smallest absolute Gasteiger partial charge is 0.259 e. The largest absolute Gasteiger partial charge is 0.481 e. The SMILES string of the molecule is COc1ccc(C(=O)N2CCC(C3CCN(C(C)=O)CC3)C2)c(OC)n1.